The number of pyridine rings is 3. The SMILES string of the molecule is CC.CC.CC.CC.CC.CC.CC.CC.CC.CC.CC(C)(C)c1ccccc1.CC(C)(C)c1ccccn1.CC(C)(C)c1cccnc1.CC(C)(C)c1ccn[nH]1.CC(C)(C)c1ccncc1.CC(C)(C)c1cn[nH]c1.CC(C)(C)c1ncco1.CC(C)(C)c1nccs1.CC(C)(C)c1ncn[nH]1.CC(C)(C)c1nn[nH]n1. The Kier molecular flexibility index (Phi) is 79.8. The van der Waals surface area contributed by atoms with Crippen molar-refractivity contribution in [1.82, 2.24) is 81.1 Å². The number of hydrogen-bond acceptors (Lipinski definition) is 14. The minimum Gasteiger partial charge on any atom is -0.448 e. The summed E-state index contributed by atoms with van der Waals surface area (Å²) in [4.78, 5) is 24.5. The second kappa shape index (κ2) is 71.7. The van der Waals surface area contributed by atoms with Gasteiger partial charge in [-0.3, -0.25) is 30.2 Å². The molecule has 0 fully saturated rings. The van der Waals surface area contributed by atoms with Crippen LogP contribution in [0, 0.1) is 0 Å². The maximum absolute atomic E-state index is 5.09. The first kappa shape index (κ1) is 127. The lowest BCUT2D eigenvalue weighted by Crippen LogP contribution is -2.13. The molecule has 0 aliphatic carbocycles. The van der Waals surface area contributed by atoms with Gasteiger partial charge in [0.05, 0.1) is 17.4 Å². The van der Waals surface area contributed by atoms with E-state index in [1.807, 2.05) is 232 Å². The van der Waals surface area contributed by atoms with E-state index in [1.54, 1.807) is 36.2 Å². The molecule has 1 aromatic carbocycles. The van der Waals surface area contributed by atoms with E-state index in [1.165, 1.54) is 39.3 Å². The Morgan fingerprint density at radius 3 is 1.01 bits per heavy atom. The first-order valence-corrected chi connectivity index (χ1v) is 43.1. The number of nitrogens with one attached hydrogen (secondary N) is 4. The molecule has 0 bridgehead atoms. The minimum atomic E-state index is 0.00694. The summed E-state index contributed by atoms with van der Waals surface area (Å²) in [6.07, 6.45) is 21.4. The van der Waals surface area contributed by atoms with Crippen molar-refractivity contribution in [3.05, 3.63) is 215 Å². The number of oxazole rings is 1. The van der Waals surface area contributed by atoms with Gasteiger partial charge in [-0.15, -0.1) is 21.5 Å². The van der Waals surface area contributed by atoms with Crippen LogP contribution in [0.5, 0.6) is 0 Å². The molecule has 9 aromatic heterocycles. The van der Waals surface area contributed by atoms with Gasteiger partial charge >= 0.3 is 0 Å². The summed E-state index contributed by atoms with van der Waals surface area (Å²) in [5, 5.41) is 36.8. The monoisotopic (exact) mass is 1610 g/mol. The number of tetrazole rings is 1. The highest BCUT2D eigenvalue weighted by Crippen LogP contribution is 2.26. The standard InChI is InChI=1S/C10H14.3C9H13N.2C7H12N2.C7H11NO.C7H11NS.C6H11N3.C5H10N4.10C2H6/c1-10(2,3)9-7-5-4-6-8-9;1-9(2,3)8-4-6-10-7-5-8;1-9(2,3)8-5-4-6-10-7-8;1-9(2,3)8-6-4-5-7-10-8;1-7(2,3)6-4-8-9-5-6;1-7(2,3)6-4-5-8-9-6;2*1-7(2,3)6-8-4-5-9-6;1-6(2,3)5-7-4-8-9-5;1-5(2,3)4-6-8-9-7-4;10*1-2/h4-8H,1-3H3;3*4-7H,1-3H3;2*4-5H,1-3H3,(H,8,9);2*4-5H,1-3H3;4H,1-3H3,(H,7,8,9);1-3H3,(H,6,7,8,9);10*1-2H3. The molecular formula is C96H180N16OS. The van der Waals surface area contributed by atoms with Crippen LogP contribution < -0.4 is 0 Å². The Morgan fingerprint density at radius 2 is 0.798 bits per heavy atom. The van der Waals surface area contributed by atoms with Gasteiger partial charge in [-0.25, -0.2) is 15.0 Å². The maximum Gasteiger partial charge on any atom is 0.199 e. The number of H-pyrrole nitrogens is 4. The number of aromatic amines is 4. The van der Waals surface area contributed by atoms with Crippen LogP contribution in [0.1, 0.15) is 402 Å². The van der Waals surface area contributed by atoms with Gasteiger partial charge in [-0.2, -0.15) is 20.5 Å². The summed E-state index contributed by atoms with van der Waals surface area (Å²) in [5.41, 5.74) is 9.37. The average Bonchev–Trinajstić information content (AvgIpc) is 1.88. The van der Waals surface area contributed by atoms with Crippen LogP contribution in [0.25, 0.3) is 0 Å². The molecule has 656 valence electrons. The summed E-state index contributed by atoms with van der Waals surface area (Å²) in [5.74, 6) is 2.48. The van der Waals surface area contributed by atoms with E-state index in [9.17, 15) is 0 Å². The summed E-state index contributed by atoms with van der Waals surface area (Å²) in [7, 11) is 0. The molecule has 17 nitrogen and oxygen atoms in total. The molecule has 0 aliphatic rings. The third-order valence-corrected chi connectivity index (χ3v) is 14.3. The Balaban J connectivity index is -0.000000128. The lowest BCUT2D eigenvalue weighted by atomic mass is 9.87. The van der Waals surface area contributed by atoms with Gasteiger partial charge < -0.3 is 4.42 Å². The Morgan fingerprint density at radius 1 is 0.325 bits per heavy atom. The molecule has 18 heteroatoms. The van der Waals surface area contributed by atoms with Crippen molar-refractivity contribution in [2.45, 2.75) is 400 Å². The van der Waals surface area contributed by atoms with Crippen LogP contribution in [0.3, 0.4) is 0 Å². The van der Waals surface area contributed by atoms with Crippen molar-refractivity contribution in [2.24, 2.45) is 0 Å². The average molecular weight is 1610 g/mol. The summed E-state index contributed by atoms with van der Waals surface area (Å²) in [6.45, 7) is 104. The van der Waals surface area contributed by atoms with Crippen LogP contribution >= 0.6 is 11.3 Å². The van der Waals surface area contributed by atoms with Crippen LogP contribution in [-0.4, -0.2) is 81.1 Å². The number of nitrogens with zero attached hydrogens (tertiary/aromatic N) is 12. The van der Waals surface area contributed by atoms with Gasteiger partial charge in [-0.05, 0) is 80.3 Å². The number of hydrogen-bond donors (Lipinski definition) is 4. The molecule has 4 N–H and O–H groups in total. The second-order valence-corrected chi connectivity index (χ2v) is 33.7. The predicted molar refractivity (Wildman–Crippen MR) is 506 cm³/mol. The number of aromatic nitrogens is 16. The quantitative estimate of drug-likeness (QED) is 0.111. The summed E-state index contributed by atoms with van der Waals surface area (Å²) < 4.78 is 5.09. The van der Waals surface area contributed by atoms with Crippen molar-refractivity contribution < 1.29 is 4.42 Å². The van der Waals surface area contributed by atoms with E-state index in [0.29, 0.717) is 5.41 Å². The number of rotatable bonds is 0. The van der Waals surface area contributed by atoms with Gasteiger partial charge in [-0.1, -0.05) is 394 Å². The van der Waals surface area contributed by atoms with Crippen LogP contribution in [0.4, 0.5) is 0 Å². The van der Waals surface area contributed by atoms with E-state index in [4.69, 9.17) is 4.42 Å². The Hall–Kier alpha value is -7.86. The van der Waals surface area contributed by atoms with Gasteiger partial charge in [0, 0.05) is 98.8 Å². The fourth-order valence-corrected chi connectivity index (χ4v) is 7.70. The molecule has 10 aromatic rings. The van der Waals surface area contributed by atoms with Gasteiger partial charge in [0.1, 0.15) is 18.4 Å². The van der Waals surface area contributed by atoms with E-state index in [2.05, 4.69) is 323 Å². The zero-order valence-corrected chi connectivity index (χ0v) is 84.0. The molecule has 0 saturated heterocycles. The molecule has 0 atom stereocenters. The van der Waals surface area contributed by atoms with Gasteiger partial charge in [0.25, 0.3) is 0 Å². The van der Waals surface area contributed by atoms with Crippen LogP contribution in [0.2, 0.25) is 0 Å². The van der Waals surface area contributed by atoms with Crippen molar-refractivity contribution >= 4 is 11.3 Å². The van der Waals surface area contributed by atoms with Gasteiger partial charge in [0.15, 0.2) is 11.7 Å². The van der Waals surface area contributed by atoms with E-state index in [-0.39, 0.29) is 48.7 Å². The lowest BCUT2D eigenvalue weighted by molar-refractivity contribution is 0.392. The highest BCUT2D eigenvalue weighted by molar-refractivity contribution is 7.09. The van der Waals surface area contributed by atoms with Crippen molar-refractivity contribution in [2.75, 3.05) is 0 Å². The number of thiazole rings is 1. The molecule has 0 spiro atoms. The topological polar surface area (TPSA) is 231 Å². The summed E-state index contributed by atoms with van der Waals surface area (Å²) in [6, 6.07) is 26.8. The van der Waals surface area contributed by atoms with E-state index >= 15 is 0 Å². The zero-order chi connectivity index (χ0) is 91.9. The fraction of sp³-hybridized carbons (Fsp3) is 0.625. The largest absolute Gasteiger partial charge is 0.448 e. The van der Waals surface area contributed by atoms with Crippen LogP contribution in [0.15, 0.2) is 163 Å². The third kappa shape index (κ3) is 69.6. The predicted octanol–water partition coefficient (Wildman–Crippen LogP) is 29.8. The smallest absolute Gasteiger partial charge is 0.199 e. The minimum absolute atomic E-state index is 0.00694. The highest BCUT2D eigenvalue weighted by atomic mass is 32.1. The summed E-state index contributed by atoms with van der Waals surface area (Å²) >= 11 is 1.72. The molecular weight excluding hydrogens is 1430 g/mol. The maximum atomic E-state index is 5.09. The Labute approximate surface area is 708 Å². The van der Waals surface area contributed by atoms with E-state index in [0.717, 1.165) is 23.2 Å². The third-order valence-electron chi connectivity index (χ3n) is 13.1. The molecule has 0 saturated carbocycles. The normalized spacial score (nSPS) is 10.2. The van der Waals surface area contributed by atoms with Crippen LogP contribution in [-0.2, 0) is 54.1 Å². The second-order valence-electron chi connectivity index (χ2n) is 32.8. The molecule has 0 unspecified atom stereocenters. The van der Waals surface area contributed by atoms with Gasteiger partial charge in [0.2, 0.25) is 0 Å². The molecule has 114 heavy (non-hydrogen) atoms. The molecule has 0 aliphatic heterocycles. The number of benzene rings is 1. The molecule has 10 rings (SSSR count). The van der Waals surface area contributed by atoms with E-state index < -0.39 is 0 Å². The van der Waals surface area contributed by atoms with Crippen molar-refractivity contribution in [1.29, 1.82) is 0 Å². The molecule has 0 amide bonds. The first-order chi connectivity index (χ1) is 53.1. The molecule has 9 heterocycles. The van der Waals surface area contributed by atoms with Crippen molar-refractivity contribution in [3.63, 3.8) is 0 Å². The highest BCUT2D eigenvalue weighted by Gasteiger charge is 2.21. The Bertz CT molecular complexity index is 2820. The fourth-order valence-electron chi connectivity index (χ4n) is 6.97. The lowest BCUT2D eigenvalue weighted by Gasteiger charge is -2.18. The molecule has 0 radical (unpaired) electrons. The zero-order valence-electron chi connectivity index (χ0n) is 83.2. The van der Waals surface area contributed by atoms with Crippen molar-refractivity contribution in [3.8, 4) is 0 Å². The first-order valence-electron chi connectivity index (χ1n) is 42.2.